The Morgan fingerprint density at radius 1 is 1.06 bits per heavy atom. The van der Waals surface area contributed by atoms with Gasteiger partial charge in [-0.3, -0.25) is 13.9 Å². The molecule has 0 fully saturated rings. The summed E-state index contributed by atoms with van der Waals surface area (Å²) in [4.78, 5) is 28.0. The Morgan fingerprint density at radius 3 is 2.26 bits per heavy atom. The molecule has 0 bridgehead atoms. The third-order valence-electron chi connectivity index (χ3n) is 5.35. The van der Waals surface area contributed by atoms with Crippen LogP contribution in [-0.4, -0.2) is 50.5 Å². The lowest BCUT2D eigenvalue weighted by Gasteiger charge is -2.33. The van der Waals surface area contributed by atoms with Crippen molar-refractivity contribution in [2.45, 2.75) is 45.7 Å². The van der Waals surface area contributed by atoms with Crippen LogP contribution in [0.25, 0.3) is 0 Å². The number of sulfonamides is 1. The van der Waals surface area contributed by atoms with E-state index in [0.29, 0.717) is 34.3 Å². The number of rotatable bonds is 12. The molecule has 35 heavy (non-hydrogen) atoms. The maximum atomic E-state index is 13.6. The highest BCUT2D eigenvalue weighted by Gasteiger charge is 2.31. The smallest absolute Gasteiger partial charge is 0.244 e. The van der Waals surface area contributed by atoms with Crippen LogP contribution in [0.2, 0.25) is 10.0 Å². The zero-order chi connectivity index (χ0) is 26.2. The Balaban J connectivity index is 2.41. The van der Waals surface area contributed by atoms with Crippen molar-refractivity contribution in [2.24, 2.45) is 0 Å². The van der Waals surface area contributed by atoms with Gasteiger partial charge in [-0.1, -0.05) is 65.5 Å². The molecule has 7 nitrogen and oxygen atoms in total. The second-order valence-electron chi connectivity index (χ2n) is 8.08. The van der Waals surface area contributed by atoms with Gasteiger partial charge in [-0.05, 0) is 54.8 Å². The van der Waals surface area contributed by atoms with Crippen LogP contribution in [0.1, 0.15) is 38.7 Å². The highest BCUT2D eigenvalue weighted by molar-refractivity contribution is 9.10. The van der Waals surface area contributed by atoms with Crippen LogP contribution in [0.15, 0.2) is 46.9 Å². The van der Waals surface area contributed by atoms with Crippen molar-refractivity contribution >= 4 is 66.7 Å². The Hall–Kier alpha value is -1.81. The SMILES string of the molecule is CCCCNC(=O)[C@H](CC)N(Cc1ccc(Cl)c(Cl)c1)C(=O)CN(c1ccc(Br)cc1)S(C)(=O)=O. The fraction of sp³-hybridized carbons (Fsp3) is 0.417. The maximum Gasteiger partial charge on any atom is 0.244 e. The normalized spacial score (nSPS) is 12.2. The molecule has 192 valence electrons. The molecule has 0 radical (unpaired) electrons. The van der Waals surface area contributed by atoms with Gasteiger partial charge in [0.05, 0.1) is 22.0 Å². The van der Waals surface area contributed by atoms with Gasteiger partial charge in [0.2, 0.25) is 21.8 Å². The maximum absolute atomic E-state index is 13.6. The number of anilines is 1. The van der Waals surface area contributed by atoms with E-state index in [2.05, 4.69) is 21.2 Å². The number of hydrogen-bond donors (Lipinski definition) is 1. The minimum atomic E-state index is -3.78. The largest absolute Gasteiger partial charge is 0.354 e. The number of carbonyl (C=O) groups excluding carboxylic acids is 2. The van der Waals surface area contributed by atoms with Gasteiger partial charge in [0, 0.05) is 17.6 Å². The van der Waals surface area contributed by atoms with E-state index in [9.17, 15) is 18.0 Å². The molecule has 1 atom stereocenters. The molecule has 0 saturated heterocycles. The molecular formula is C24H30BrCl2N3O4S. The molecule has 0 aromatic heterocycles. The van der Waals surface area contributed by atoms with Crippen LogP contribution in [-0.2, 0) is 26.2 Å². The van der Waals surface area contributed by atoms with Gasteiger partial charge >= 0.3 is 0 Å². The summed E-state index contributed by atoms with van der Waals surface area (Å²) in [7, 11) is -3.78. The van der Waals surface area contributed by atoms with Crippen molar-refractivity contribution in [2.75, 3.05) is 23.7 Å². The summed E-state index contributed by atoms with van der Waals surface area (Å²) in [6, 6.07) is 10.8. The molecule has 1 N–H and O–H groups in total. The number of amides is 2. The number of hydrogen-bond acceptors (Lipinski definition) is 4. The van der Waals surface area contributed by atoms with Crippen molar-refractivity contribution in [1.82, 2.24) is 10.2 Å². The van der Waals surface area contributed by atoms with Crippen molar-refractivity contribution in [3.05, 3.63) is 62.5 Å². The number of benzene rings is 2. The number of carbonyl (C=O) groups is 2. The van der Waals surface area contributed by atoms with Crippen molar-refractivity contribution in [3.8, 4) is 0 Å². The minimum absolute atomic E-state index is 0.0629. The highest BCUT2D eigenvalue weighted by atomic mass is 79.9. The highest BCUT2D eigenvalue weighted by Crippen LogP contribution is 2.25. The fourth-order valence-electron chi connectivity index (χ4n) is 3.48. The Bertz CT molecular complexity index is 1130. The van der Waals surface area contributed by atoms with E-state index in [-0.39, 0.29) is 12.5 Å². The van der Waals surface area contributed by atoms with Crippen LogP contribution >= 0.6 is 39.1 Å². The van der Waals surface area contributed by atoms with E-state index in [1.165, 1.54) is 4.90 Å². The van der Waals surface area contributed by atoms with E-state index >= 15 is 0 Å². The second-order valence-corrected chi connectivity index (χ2v) is 11.7. The third-order valence-corrected chi connectivity index (χ3v) is 7.75. The van der Waals surface area contributed by atoms with Crippen molar-refractivity contribution in [1.29, 1.82) is 0 Å². The van der Waals surface area contributed by atoms with Gasteiger partial charge in [-0.2, -0.15) is 0 Å². The first kappa shape index (κ1) is 29.4. The number of unbranched alkanes of at least 4 members (excludes halogenated alkanes) is 1. The molecule has 2 aromatic carbocycles. The lowest BCUT2D eigenvalue weighted by molar-refractivity contribution is -0.140. The van der Waals surface area contributed by atoms with E-state index in [1.54, 1.807) is 42.5 Å². The summed E-state index contributed by atoms with van der Waals surface area (Å²) < 4.78 is 27.0. The van der Waals surface area contributed by atoms with Gasteiger partial charge in [-0.25, -0.2) is 8.42 Å². The Morgan fingerprint density at radius 2 is 1.71 bits per heavy atom. The first-order chi connectivity index (χ1) is 16.5. The molecule has 0 aliphatic carbocycles. The summed E-state index contributed by atoms with van der Waals surface area (Å²) in [5.41, 5.74) is 1.01. The zero-order valence-electron chi connectivity index (χ0n) is 19.9. The first-order valence-corrected chi connectivity index (χ1v) is 14.6. The summed E-state index contributed by atoms with van der Waals surface area (Å²) in [5, 5.41) is 3.58. The molecular weight excluding hydrogens is 577 g/mol. The molecule has 0 heterocycles. The second kappa shape index (κ2) is 13.5. The summed E-state index contributed by atoms with van der Waals surface area (Å²) in [6.07, 6.45) is 3.12. The van der Waals surface area contributed by atoms with E-state index in [4.69, 9.17) is 23.2 Å². The van der Waals surface area contributed by atoms with E-state index in [1.807, 2.05) is 13.8 Å². The number of nitrogens with zero attached hydrogens (tertiary/aromatic N) is 2. The monoisotopic (exact) mass is 605 g/mol. The summed E-state index contributed by atoms with van der Waals surface area (Å²) >= 11 is 15.5. The Kier molecular flexibility index (Phi) is 11.3. The van der Waals surface area contributed by atoms with Crippen molar-refractivity contribution in [3.63, 3.8) is 0 Å². The molecule has 0 aliphatic heterocycles. The fourth-order valence-corrected chi connectivity index (χ4v) is 4.92. The molecule has 0 aliphatic rings. The lowest BCUT2D eigenvalue weighted by Crippen LogP contribution is -2.52. The van der Waals surface area contributed by atoms with Crippen LogP contribution in [0.5, 0.6) is 0 Å². The van der Waals surface area contributed by atoms with Crippen LogP contribution < -0.4 is 9.62 Å². The summed E-state index contributed by atoms with van der Waals surface area (Å²) in [6.45, 7) is 3.93. The van der Waals surface area contributed by atoms with Crippen molar-refractivity contribution < 1.29 is 18.0 Å². The Labute approximate surface area is 225 Å². The van der Waals surface area contributed by atoms with E-state index < -0.39 is 28.5 Å². The van der Waals surface area contributed by atoms with E-state index in [0.717, 1.165) is 27.9 Å². The zero-order valence-corrected chi connectivity index (χ0v) is 23.8. The van der Waals surface area contributed by atoms with Gasteiger partial charge < -0.3 is 10.2 Å². The minimum Gasteiger partial charge on any atom is -0.354 e. The van der Waals surface area contributed by atoms with Gasteiger partial charge in [0.25, 0.3) is 0 Å². The quantitative estimate of drug-likeness (QED) is 0.335. The molecule has 2 rings (SSSR count). The van der Waals surface area contributed by atoms with Gasteiger partial charge in [0.15, 0.2) is 0 Å². The van der Waals surface area contributed by atoms with Crippen LogP contribution in [0, 0.1) is 0 Å². The van der Waals surface area contributed by atoms with Crippen LogP contribution in [0.4, 0.5) is 5.69 Å². The average molecular weight is 607 g/mol. The van der Waals surface area contributed by atoms with Gasteiger partial charge in [0.1, 0.15) is 12.6 Å². The average Bonchev–Trinajstić information content (AvgIpc) is 2.79. The molecule has 0 spiro atoms. The topological polar surface area (TPSA) is 86.8 Å². The standard InChI is InChI=1S/C24H30BrCl2N3O4S/c1-4-6-13-28-24(32)22(5-2)29(15-17-7-12-20(26)21(27)14-17)23(31)16-30(35(3,33)34)19-10-8-18(25)9-11-19/h7-12,14,22H,4-6,13,15-16H2,1-3H3,(H,28,32)/t22-/m0/s1. The first-order valence-electron chi connectivity index (χ1n) is 11.2. The molecule has 11 heteroatoms. The van der Waals surface area contributed by atoms with Crippen LogP contribution in [0.3, 0.4) is 0 Å². The lowest BCUT2D eigenvalue weighted by atomic mass is 10.1. The van der Waals surface area contributed by atoms with Gasteiger partial charge in [-0.15, -0.1) is 0 Å². The molecule has 2 amide bonds. The summed E-state index contributed by atoms with van der Waals surface area (Å²) in [5.74, 6) is -0.800. The predicted molar refractivity (Wildman–Crippen MR) is 145 cm³/mol. The third kappa shape index (κ3) is 8.66. The molecule has 2 aromatic rings. The predicted octanol–water partition coefficient (Wildman–Crippen LogP) is 5.25. The number of halogens is 3. The molecule has 0 unspecified atom stereocenters. The number of nitrogens with one attached hydrogen (secondary N) is 1. The molecule has 0 saturated carbocycles.